The summed E-state index contributed by atoms with van der Waals surface area (Å²) >= 11 is 0. The minimum Gasteiger partial charge on any atom is -0.316 e. The molecule has 10 heavy (non-hydrogen) atoms. The largest absolute Gasteiger partial charge is 0.316 e. The molecule has 0 spiro atoms. The van der Waals surface area contributed by atoms with Crippen molar-refractivity contribution in [1.29, 1.82) is 0 Å². The molecule has 1 aliphatic carbocycles. The molecule has 2 fully saturated rings. The van der Waals surface area contributed by atoms with Crippen LogP contribution in [-0.4, -0.2) is 13.1 Å². The van der Waals surface area contributed by atoms with E-state index in [4.69, 9.17) is 0 Å². The molecule has 1 heterocycles. The predicted octanol–water partition coefficient (Wildman–Crippen LogP) is 2.03. The Bertz CT molecular complexity index is 70.7. The molecule has 0 amide bonds. The van der Waals surface area contributed by atoms with Crippen molar-refractivity contribution in [2.24, 2.45) is 11.8 Å². The summed E-state index contributed by atoms with van der Waals surface area (Å²) in [7, 11) is 0. The Morgan fingerprint density at radius 3 is 2.00 bits per heavy atom. The van der Waals surface area contributed by atoms with E-state index < -0.39 is 0 Å². The van der Waals surface area contributed by atoms with Crippen molar-refractivity contribution in [3.8, 4) is 0 Å². The Morgan fingerprint density at radius 2 is 1.50 bits per heavy atom. The number of fused-ring (bicyclic) bond motifs is 1. The zero-order valence-electron chi connectivity index (χ0n) is 7.19. The van der Waals surface area contributed by atoms with Crippen LogP contribution in [0.1, 0.15) is 33.1 Å². The van der Waals surface area contributed by atoms with Crippen LogP contribution in [0.5, 0.6) is 0 Å². The number of nitrogens with one attached hydrogen (secondary N) is 1. The topological polar surface area (TPSA) is 12.0 Å². The highest BCUT2D eigenvalue weighted by molar-refractivity contribution is 4.85. The zero-order chi connectivity index (χ0) is 7.40. The lowest BCUT2D eigenvalue weighted by molar-refractivity contribution is 0.494. The number of hydrogen-bond donors (Lipinski definition) is 1. The van der Waals surface area contributed by atoms with E-state index in [0.29, 0.717) is 0 Å². The van der Waals surface area contributed by atoms with Crippen LogP contribution in [0, 0.1) is 11.8 Å². The summed E-state index contributed by atoms with van der Waals surface area (Å²) < 4.78 is 0. The first-order valence-electron chi connectivity index (χ1n) is 4.67. The number of hydrogen-bond acceptors (Lipinski definition) is 1. The molecular weight excluding hydrogens is 122 g/mol. The minimum atomic E-state index is 1.06. The van der Waals surface area contributed by atoms with Gasteiger partial charge in [0.1, 0.15) is 0 Å². The Balaban J connectivity index is 0.000000231. The van der Waals surface area contributed by atoms with Crippen LogP contribution in [0.25, 0.3) is 0 Å². The van der Waals surface area contributed by atoms with E-state index in [-0.39, 0.29) is 0 Å². The quantitative estimate of drug-likeness (QED) is 0.544. The third kappa shape index (κ3) is 1.51. The molecule has 2 aliphatic rings. The first-order valence-corrected chi connectivity index (χ1v) is 4.67. The molecule has 0 aromatic carbocycles. The van der Waals surface area contributed by atoms with Gasteiger partial charge in [0.25, 0.3) is 0 Å². The van der Waals surface area contributed by atoms with Crippen molar-refractivity contribution < 1.29 is 0 Å². The van der Waals surface area contributed by atoms with Crippen molar-refractivity contribution in [3.05, 3.63) is 0 Å². The summed E-state index contributed by atoms with van der Waals surface area (Å²) in [6, 6.07) is 0. The van der Waals surface area contributed by atoms with Crippen LogP contribution >= 0.6 is 0 Å². The monoisotopic (exact) mass is 141 g/mol. The molecule has 1 aliphatic heterocycles. The van der Waals surface area contributed by atoms with Gasteiger partial charge in [-0.2, -0.15) is 0 Å². The molecule has 1 N–H and O–H groups in total. The third-order valence-electron chi connectivity index (χ3n) is 2.63. The lowest BCUT2D eigenvalue weighted by atomic mass is 10.0. The summed E-state index contributed by atoms with van der Waals surface area (Å²) in [5.74, 6) is 2.13. The smallest absolute Gasteiger partial charge is 0.00173 e. The normalized spacial score (nSPS) is 36.6. The Morgan fingerprint density at radius 1 is 1.00 bits per heavy atom. The molecule has 0 bridgehead atoms. The lowest BCUT2D eigenvalue weighted by Crippen LogP contribution is -2.08. The van der Waals surface area contributed by atoms with Crippen molar-refractivity contribution in [1.82, 2.24) is 5.32 Å². The van der Waals surface area contributed by atoms with Crippen LogP contribution in [-0.2, 0) is 0 Å². The maximum atomic E-state index is 3.42. The van der Waals surface area contributed by atoms with Crippen molar-refractivity contribution in [2.45, 2.75) is 33.1 Å². The highest BCUT2D eigenvalue weighted by Gasteiger charge is 2.30. The molecule has 60 valence electrons. The van der Waals surface area contributed by atoms with E-state index in [0.717, 1.165) is 11.8 Å². The zero-order valence-corrected chi connectivity index (χ0v) is 7.19. The third-order valence-corrected chi connectivity index (χ3v) is 2.63. The molecule has 1 saturated heterocycles. The molecule has 1 heteroatoms. The van der Waals surface area contributed by atoms with Gasteiger partial charge in [-0.25, -0.2) is 0 Å². The average molecular weight is 141 g/mol. The van der Waals surface area contributed by atoms with Crippen molar-refractivity contribution >= 4 is 0 Å². The minimum absolute atomic E-state index is 1.06. The van der Waals surface area contributed by atoms with E-state index in [9.17, 15) is 0 Å². The number of rotatable bonds is 0. The van der Waals surface area contributed by atoms with E-state index in [2.05, 4.69) is 5.32 Å². The fraction of sp³-hybridized carbons (Fsp3) is 1.00. The van der Waals surface area contributed by atoms with E-state index in [1.54, 1.807) is 0 Å². The van der Waals surface area contributed by atoms with Crippen molar-refractivity contribution in [3.63, 3.8) is 0 Å². The summed E-state index contributed by atoms with van der Waals surface area (Å²) in [6.07, 6.45) is 4.49. The summed E-state index contributed by atoms with van der Waals surface area (Å²) in [5, 5.41) is 3.42. The van der Waals surface area contributed by atoms with E-state index in [1.165, 1.54) is 32.4 Å². The first-order chi connectivity index (χ1) is 4.97. The van der Waals surface area contributed by atoms with Crippen LogP contribution < -0.4 is 5.32 Å². The Labute approximate surface area is 64.2 Å². The van der Waals surface area contributed by atoms with Gasteiger partial charge in [0.15, 0.2) is 0 Å². The Kier molecular flexibility index (Phi) is 3.20. The maximum absolute atomic E-state index is 3.42. The van der Waals surface area contributed by atoms with Gasteiger partial charge >= 0.3 is 0 Å². The highest BCUT2D eigenvalue weighted by Crippen LogP contribution is 2.33. The van der Waals surface area contributed by atoms with Crippen LogP contribution in [0.2, 0.25) is 0 Å². The average Bonchev–Trinajstić information content (AvgIpc) is 2.49. The molecule has 0 aromatic rings. The SMILES string of the molecule is C1CC2CNCC2C1.CC. The molecule has 0 radical (unpaired) electrons. The van der Waals surface area contributed by atoms with Gasteiger partial charge in [0.2, 0.25) is 0 Å². The second-order valence-electron chi connectivity index (χ2n) is 3.11. The van der Waals surface area contributed by atoms with Crippen molar-refractivity contribution in [2.75, 3.05) is 13.1 Å². The first kappa shape index (κ1) is 8.06. The van der Waals surface area contributed by atoms with Gasteiger partial charge in [-0.1, -0.05) is 20.3 Å². The molecule has 1 nitrogen and oxygen atoms in total. The van der Waals surface area contributed by atoms with Gasteiger partial charge in [-0.3, -0.25) is 0 Å². The van der Waals surface area contributed by atoms with Gasteiger partial charge < -0.3 is 5.32 Å². The van der Waals surface area contributed by atoms with E-state index >= 15 is 0 Å². The maximum Gasteiger partial charge on any atom is -0.00173 e. The van der Waals surface area contributed by atoms with E-state index in [1.807, 2.05) is 13.8 Å². The molecule has 2 unspecified atom stereocenters. The summed E-state index contributed by atoms with van der Waals surface area (Å²) in [4.78, 5) is 0. The van der Waals surface area contributed by atoms with Crippen LogP contribution in [0.3, 0.4) is 0 Å². The molecule has 1 saturated carbocycles. The summed E-state index contributed by atoms with van der Waals surface area (Å²) in [5.41, 5.74) is 0. The fourth-order valence-corrected chi connectivity index (χ4v) is 2.11. The van der Waals surface area contributed by atoms with Gasteiger partial charge in [0.05, 0.1) is 0 Å². The summed E-state index contributed by atoms with van der Waals surface area (Å²) in [6.45, 7) is 6.62. The standard InChI is InChI=1S/C7H13N.C2H6/c1-2-6-4-8-5-7(6)3-1;1-2/h6-8H,1-5H2;1-2H3. The molecular formula is C9H19N. The Hall–Kier alpha value is -0.0400. The van der Waals surface area contributed by atoms with Gasteiger partial charge in [-0.05, 0) is 37.8 Å². The highest BCUT2D eigenvalue weighted by atomic mass is 14.9. The van der Waals surface area contributed by atoms with Gasteiger partial charge in [0, 0.05) is 0 Å². The molecule has 2 atom stereocenters. The molecule has 2 rings (SSSR count). The predicted molar refractivity (Wildman–Crippen MR) is 45.0 cm³/mol. The van der Waals surface area contributed by atoms with Crippen LogP contribution in [0.4, 0.5) is 0 Å². The molecule has 0 aromatic heterocycles. The lowest BCUT2D eigenvalue weighted by Gasteiger charge is -2.02. The second kappa shape index (κ2) is 3.97. The van der Waals surface area contributed by atoms with Gasteiger partial charge in [-0.15, -0.1) is 0 Å². The second-order valence-corrected chi connectivity index (χ2v) is 3.11. The van der Waals surface area contributed by atoms with Crippen LogP contribution in [0.15, 0.2) is 0 Å². The fourth-order valence-electron chi connectivity index (χ4n) is 2.11.